The first-order valence-corrected chi connectivity index (χ1v) is 13.1. The maximum absolute atomic E-state index is 13.5. The molecular weight excluding hydrogens is 510 g/mol. The Kier molecular flexibility index (Phi) is 9.17. The van der Waals surface area contributed by atoms with E-state index in [0.717, 1.165) is 0 Å². The highest BCUT2D eigenvalue weighted by molar-refractivity contribution is 7.93. The Labute approximate surface area is 215 Å². The second kappa shape index (κ2) is 11.9. The summed E-state index contributed by atoms with van der Waals surface area (Å²) >= 11 is 5.91. The summed E-state index contributed by atoms with van der Waals surface area (Å²) in [6.45, 7) is 7.23. The number of nitrogens with one attached hydrogen (secondary N) is 1. The molecule has 12 nitrogen and oxygen atoms in total. The van der Waals surface area contributed by atoms with Gasteiger partial charge in [0.05, 0.1) is 30.9 Å². The largest absolute Gasteiger partial charge is 0.481 e. The van der Waals surface area contributed by atoms with Crippen LogP contribution in [0, 0.1) is 0 Å². The summed E-state index contributed by atoms with van der Waals surface area (Å²) in [6, 6.07) is 4.85. The van der Waals surface area contributed by atoms with Gasteiger partial charge in [-0.25, -0.2) is 23.4 Å². The lowest BCUT2D eigenvalue weighted by atomic mass is 10.2. The molecule has 3 heterocycles. The van der Waals surface area contributed by atoms with E-state index in [4.69, 9.17) is 25.8 Å². The third kappa shape index (κ3) is 6.46. The van der Waals surface area contributed by atoms with Crippen molar-refractivity contribution >= 4 is 27.6 Å². The highest BCUT2D eigenvalue weighted by Crippen LogP contribution is 2.29. The molecule has 0 amide bonds. The number of aromatic nitrogens is 6. The second-order valence-corrected chi connectivity index (χ2v) is 10.8. The number of pyridine rings is 1. The van der Waals surface area contributed by atoms with Crippen molar-refractivity contribution in [3.05, 3.63) is 41.4 Å². The van der Waals surface area contributed by atoms with Crippen LogP contribution in [0.3, 0.4) is 0 Å². The van der Waals surface area contributed by atoms with E-state index in [1.807, 2.05) is 6.92 Å². The van der Waals surface area contributed by atoms with Crippen LogP contribution in [0.2, 0.25) is 5.02 Å². The molecule has 0 spiro atoms. The Morgan fingerprint density at radius 2 is 1.78 bits per heavy atom. The van der Waals surface area contributed by atoms with Crippen molar-refractivity contribution in [2.24, 2.45) is 0 Å². The lowest BCUT2D eigenvalue weighted by Crippen LogP contribution is -2.35. The first kappa shape index (κ1) is 27.7. The van der Waals surface area contributed by atoms with E-state index in [9.17, 15) is 8.42 Å². The first-order chi connectivity index (χ1) is 17.1. The van der Waals surface area contributed by atoms with Gasteiger partial charge in [0.25, 0.3) is 0 Å². The lowest BCUT2D eigenvalue weighted by Gasteiger charge is -2.26. The molecular formula is C22H30ClN7O5S. The van der Waals surface area contributed by atoms with E-state index < -0.39 is 21.4 Å². The van der Waals surface area contributed by atoms with Crippen molar-refractivity contribution in [1.29, 1.82) is 0 Å². The van der Waals surface area contributed by atoms with Crippen LogP contribution in [-0.2, 0) is 19.5 Å². The van der Waals surface area contributed by atoms with Crippen LogP contribution in [0.4, 0.5) is 5.95 Å². The molecule has 0 saturated carbocycles. The summed E-state index contributed by atoms with van der Waals surface area (Å²) in [7, 11) is -1.01. The average Bonchev–Trinajstić information content (AvgIpc) is 3.25. The minimum absolute atomic E-state index is 0.00587. The zero-order valence-corrected chi connectivity index (χ0v) is 22.5. The standard InChI is InChI=1S/C22H30ClN7O5S/c1-13(2)35-19(20-24-10-16(23)11-25-20)15(4)36(31,32)29-22-28-27-21(30(22)14(3)12-33-5)17-8-7-9-18(26-17)34-6/h7-11,13-15,19H,12H2,1-6H3,(H,28,29)/t14-,15+,19-/m1/s1. The average molecular weight is 540 g/mol. The van der Waals surface area contributed by atoms with Gasteiger partial charge in [0.2, 0.25) is 21.9 Å². The van der Waals surface area contributed by atoms with Crippen LogP contribution in [0.1, 0.15) is 45.7 Å². The van der Waals surface area contributed by atoms with Crippen LogP contribution in [0.15, 0.2) is 30.6 Å². The number of nitrogens with zero attached hydrogens (tertiary/aromatic N) is 6. The highest BCUT2D eigenvalue weighted by atomic mass is 35.5. The molecule has 3 aromatic rings. The van der Waals surface area contributed by atoms with E-state index in [1.165, 1.54) is 26.4 Å². The van der Waals surface area contributed by atoms with E-state index in [-0.39, 0.29) is 30.5 Å². The number of ether oxygens (including phenoxy) is 3. The van der Waals surface area contributed by atoms with Crippen molar-refractivity contribution in [3.63, 3.8) is 0 Å². The predicted molar refractivity (Wildman–Crippen MR) is 134 cm³/mol. The van der Waals surface area contributed by atoms with E-state index in [2.05, 4.69) is 29.9 Å². The number of methoxy groups -OCH3 is 2. The fraction of sp³-hybridized carbons (Fsp3) is 0.500. The number of sulfonamides is 1. The van der Waals surface area contributed by atoms with Crippen molar-refractivity contribution < 1.29 is 22.6 Å². The SMILES string of the molecule is COC[C@@H](C)n1c(NS(=O)(=O)[C@@H](C)[C@@H](OC(C)C)c2ncc(Cl)cn2)nnc1-c1cccc(OC)n1. The third-order valence-electron chi connectivity index (χ3n) is 5.17. The third-order valence-corrected chi connectivity index (χ3v) is 7.06. The first-order valence-electron chi connectivity index (χ1n) is 11.2. The number of hydrogen-bond donors (Lipinski definition) is 1. The van der Waals surface area contributed by atoms with Crippen molar-refractivity contribution in [1.82, 2.24) is 29.7 Å². The molecule has 0 aromatic carbocycles. The van der Waals surface area contributed by atoms with Gasteiger partial charge in [0.15, 0.2) is 11.6 Å². The molecule has 0 bridgehead atoms. The fourth-order valence-corrected chi connectivity index (χ4v) is 4.64. The Bertz CT molecular complexity index is 1250. The molecule has 3 atom stereocenters. The Morgan fingerprint density at radius 1 is 1.08 bits per heavy atom. The molecule has 0 radical (unpaired) electrons. The smallest absolute Gasteiger partial charge is 0.240 e. The van der Waals surface area contributed by atoms with Crippen LogP contribution < -0.4 is 9.46 Å². The molecule has 0 fully saturated rings. The summed E-state index contributed by atoms with van der Waals surface area (Å²) in [5.41, 5.74) is 0.457. The Balaban J connectivity index is 2.00. The number of hydrogen-bond acceptors (Lipinski definition) is 10. The summed E-state index contributed by atoms with van der Waals surface area (Å²) in [5.74, 6) is 0.932. The number of halogens is 1. The van der Waals surface area contributed by atoms with E-state index >= 15 is 0 Å². The molecule has 3 rings (SSSR count). The van der Waals surface area contributed by atoms with Crippen LogP contribution in [0.5, 0.6) is 5.88 Å². The predicted octanol–water partition coefficient (Wildman–Crippen LogP) is 3.30. The van der Waals surface area contributed by atoms with Gasteiger partial charge in [-0.2, -0.15) is 0 Å². The number of anilines is 1. The molecule has 14 heteroatoms. The van der Waals surface area contributed by atoms with Gasteiger partial charge >= 0.3 is 0 Å². The maximum atomic E-state index is 13.5. The molecule has 0 aliphatic rings. The van der Waals surface area contributed by atoms with Gasteiger partial charge in [-0.1, -0.05) is 17.7 Å². The zero-order chi connectivity index (χ0) is 26.5. The molecule has 0 unspecified atom stereocenters. The van der Waals surface area contributed by atoms with Gasteiger partial charge in [-0.15, -0.1) is 10.2 Å². The molecule has 0 aliphatic carbocycles. The van der Waals surface area contributed by atoms with Gasteiger partial charge in [-0.3, -0.25) is 9.29 Å². The molecule has 0 aliphatic heterocycles. The van der Waals surface area contributed by atoms with E-state index in [1.54, 1.807) is 43.7 Å². The van der Waals surface area contributed by atoms with Gasteiger partial charge in [0, 0.05) is 25.6 Å². The van der Waals surface area contributed by atoms with Gasteiger partial charge < -0.3 is 14.2 Å². The summed E-state index contributed by atoms with van der Waals surface area (Å²) in [4.78, 5) is 12.8. The molecule has 3 aromatic heterocycles. The lowest BCUT2D eigenvalue weighted by molar-refractivity contribution is 0.00154. The quantitative estimate of drug-likeness (QED) is 0.364. The fourth-order valence-electron chi connectivity index (χ4n) is 3.45. The van der Waals surface area contributed by atoms with Crippen LogP contribution >= 0.6 is 11.6 Å². The van der Waals surface area contributed by atoms with Crippen molar-refractivity contribution in [3.8, 4) is 17.4 Å². The summed E-state index contributed by atoms with van der Waals surface area (Å²) in [6.07, 6.45) is 1.53. The van der Waals surface area contributed by atoms with Gasteiger partial charge in [0.1, 0.15) is 17.0 Å². The number of rotatable bonds is 12. The molecule has 36 heavy (non-hydrogen) atoms. The topological polar surface area (TPSA) is 143 Å². The Morgan fingerprint density at radius 3 is 2.39 bits per heavy atom. The minimum Gasteiger partial charge on any atom is -0.481 e. The zero-order valence-electron chi connectivity index (χ0n) is 20.9. The summed E-state index contributed by atoms with van der Waals surface area (Å²) < 4.78 is 47.6. The molecule has 1 N–H and O–H groups in total. The van der Waals surface area contributed by atoms with E-state index in [0.29, 0.717) is 22.4 Å². The van der Waals surface area contributed by atoms with Gasteiger partial charge in [-0.05, 0) is 33.8 Å². The monoisotopic (exact) mass is 539 g/mol. The normalized spacial score (nSPS) is 14.4. The molecule has 196 valence electrons. The van der Waals surface area contributed by atoms with Crippen LogP contribution in [-0.4, -0.2) is 70.3 Å². The maximum Gasteiger partial charge on any atom is 0.240 e. The second-order valence-electron chi connectivity index (χ2n) is 8.30. The highest BCUT2D eigenvalue weighted by Gasteiger charge is 2.36. The van der Waals surface area contributed by atoms with Crippen LogP contribution in [0.25, 0.3) is 11.5 Å². The van der Waals surface area contributed by atoms with Crippen molar-refractivity contribution in [2.75, 3.05) is 25.5 Å². The van der Waals surface area contributed by atoms with Crippen molar-refractivity contribution in [2.45, 2.75) is 51.2 Å². The Hall–Kier alpha value is -2.87. The minimum atomic E-state index is -4.07. The molecule has 0 saturated heterocycles. The summed E-state index contributed by atoms with van der Waals surface area (Å²) in [5, 5.41) is 7.57.